The van der Waals surface area contributed by atoms with E-state index in [2.05, 4.69) is 105 Å². The van der Waals surface area contributed by atoms with Crippen molar-refractivity contribution in [2.75, 3.05) is 0 Å². The van der Waals surface area contributed by atoms with Gasteiger partial charge in [-0.25, -0.2) is 0 Å². The van der Waals surface area contributed by atoms with Crippen LogP contribution in [0.1, 0.15) is 26.7 Å². The van der Waals surface area contributed by atoms with Crippen molar-refractivity contribution in [1.82, 2.24) is 0 Å². The Morgan fingerprint density at radius 1 is 0.643 bits per heavy atom. The van der Waals surface area contributed by atoms with Crippen molar-refractivity contribution in [2.24, 2.45) is 5.92 Å². The number of benzene rings is 3. The fraction of sp³-hybridized carbons (Fsp3) is 0.280. The highest BCUT2D eigenvalue weighted by Crippen LogP contribution is 2.62. The number of hydrogen-bond donors (Lipinski definition) is 0. The molecule has 3 aromatic carbocycles. The first-order valence-corrected chi connectivity index (χ1v) is 11.8. The van der Waals surface area contributed by atoms with Crippen LogP contribution >= 0.6 is 7.26 Å². The Hall–Kier alpha value is -1.66. The van der Waals surface area contributed by atoms with Gasteiger partial charge in [-0.15, -0.1) is 0 Å². The summed E-state index contributed by atoms with van der Waals surface area (Å²) in [6.45, 7) is 4.61. The standard InChI is InChI=1S/C25H28OP.ClH/c1-20-18-21(2)26-25(19-20)27(22-12-6-3-7-13-22,23-14-8-4-9-15-23)24-16-10-5-11-17-24;/h3-17,20-21,25H,18-19H2,1-2H3;1H/q+1;/p-1/t20-,21+,25?;/m1./s1. The lowest BCUT2D eigenvalue weighted by Gasteiger charge is -2.40. The van der Waals surface area contributed by atoms with E-state index in [9.17, 15) is 0 Å². The normalized spacial score (nSPS) is 22.3. The average molecular weight is 411 g/mol. The van der Waals surface area contributed by atoms with E-state index in [-0.39, 0.29) is 18.3 Å². The maximum atomic E-state index is 6.73. The summed E-state index contributed by atoms with van der Waals surface area (Å²) in [5, 5.41) is 4.23. The molecular formula is C25H28ClOP. The van der Waals surface area contributed by atoms with Gasteiger partial charge in [0.05, 0.1) is 6.10 Å². The smallest absolute Gasteiger partial charge is 0.181 e. The highest BCUT2D eigenvalue weighted by molar-refractivity contribution is 7.96. The van der Waals surface area contributed by atoms with Gasteiger partial charge in [0.25, 0.3) is 0 Å². The van der Waals surface area contributed by atoms with E-state index in [0.717, 1.165) is 12.8 Å². The van der Waals surface area contributed by atoms with Gasteiger partial charge in [-0.3, -0.25) is 0 Å². The van der Waals surface area contributed by atoms with Gasteiger partial charge in [0.1, 0.15) is 23.2 Å². The van der Waals surface area contributed by atoms with Crippen LogP contribution in [0.3, 0.4) is 0 Å². The first-order valence-electron chi connectivity index (χ1n) is 9.92. The summed E-state index contributed by atoms with van der Waals surface area (Å²) in [5.41, 5.74) is 0. The summed E-state index contributed by atoms with van der Waals surface area (Å²) in [4.78, 5) is 0. The quantitative estimate of drug-likeness (QED) is 0.599. The Labute approximate surface area is 175 Å². The SMILES string of the molecule is C[C@H]1CC([P+](c2ccccc2)(c2ccccc2)c2ccccc2)O[C@@H](C)C1.[Cl-]. The predicted octanol–water partition coefficient (Wildman–Crippen LogP) is 2.15. The largest absolute Gasteiger partial charge is 1.00 e. The van der Waals surface area contributed by atoms with Crippen molar-refractivity contribution in [3.05, 3.63) is 91.0 Å². The summed E-state index contributed by atoms with van der Waals surface area (Å²) >= 11 is 0. The molecule has 3 heteroatoms. The molecule has 146 valence electrons. The molecule has 0 aliphatic carbocycles. The molecular weight excluding hydrogens is 383 g/mol. The maximum Gasteiger partial charge on any atom is 0.181 e. The van der Waals surface area contributed by atoms with E-state index in [4.69, 9.17) is 4.74 Å². The second kappa shape index (κ2) is 9.23. The van der Waals surface area contributed by atoms with E-state index in [1.807, 2.05) is 0 Å². The second-order valence-corrected chi connectivity index (χ2v) is 11.3. The number of ether oxygens (including phenoxy) is 1. The Kier molecular flexibility index (Phi) is 6.94. The van der Waals surface area contributed by atoms with Crippen LogP contribution in [0, 0.1) is 5.92 Å². The fourth-order valence-corrected chi connectivity index (χ4v) is 9.46. The van der Waals surface area contributed by atoms with E-state index in [1.165, 1.54) is 15.9 Å². The molecule has 0 radical (unpaired) electrons. The van der Waals surface area contributed by atoms with Gasteiger partial charge in [-0.05, 0) is 55.7 Å². The van der Waals surface area contributed by atoms with E-state index in [1.54, 1.807) is 0 Å². The van der Waals surface area contributed by atoms with Crippen LogP contribution in [0.15, 0.2) is 91.0 Å². The van der Waals surface area contributed by atoms with Gasteiger partial charge in [0.2, 0.25) is 0 Å². The monoisotopic (exact) mass is 410 g/mol. The van der Waals surface area contributed by atoms with Gasteiger partial charge in [0.15, 0.2) is 5.85 Å². The fourth-order valence-electron chi connectivity index (χ4n) is 4.57. The molecule has 3 aromatic rings. The maximum absolute atomic E-state index is 6.73. The molecule has 1 saturated heterocycles. The topological polar surface area (TPSA) is 9.23 Å². The van der Waals surface area contributed by atoms with Crippen molar-refractivity contribution < 1.29 is 17.1 Å². The molecule has 28 heavy (non-hydrogen) atoms. The molecule has 1 nitrogen and oxygen atoms in total. The minimum atomic E-state index is -1.93. The Morgan fingerprint density at radius 2 is 1.04 bits per heavy atom. The van der Waals surface area contributed by atoms with Crippen molar-refractivity contribution in [3.8, 4) is 0 Å². The molecule has 0 bridgehead atoms. The van der Waals surface area contributed by atoms with Crippen molar-refractivity contribution >= 4 is 23.2 Å². The van der Waals surface area contributed by atoms with Crippen LogP contribution in [-0.4, -0.2) is 11.9 Å². The lowest BCUT2D eigenvalue weighted by Crippen LogP contribution is -3.00. The molecule has 1 aliphatic heterocycles. The third kappa shape index (κ3) is 3.90. The Morgan fingerprint density at radius 3 is 1.39 bits per heavy atom. The number of halogens is 1. The Bertz CT molecular complexity index is 747. The lowest BCUT2D eigenvalue weighted by atomic mass is 9.98. The molecule has 0 N–H and O–H groups in total. The summed E-state index contributed by atoms with van der Waals surface area (Å²) in [6.07, 6.45) is 2.56. The first kappa shape index (κ1) is 21.1. The highest BCUT2D eigenvalue weighted by Gasteiger charge is 2.55. The number of hydrogen-bond acceptors (Lipinski definition) is 1. The first-order chi connectivity index (χ1) is 13.2. The lowest BCUT2D eigenvalue weighted by molar-refractivity contribution is -0.0160. The minimum absolute atomic E-state index is 0. The zero-order valence-corrected chi connectivity index (χ0v) is 18.2. The summed E-state index contributed by atoms with van der Waals surface area (Å²) < 4.78 is 6.73. The van der Waals surface area contributed by atoms with Crippen LogP contribution in [0.5, 0.6) is 0 Å². The van der Waals surface area contributed by atoms with Gasteiger partial charge in [-0.1, -0.05) is 61.5 Å². The third-order valence-corrected chi connectivity index (χ3v) is 10.2. The summed E-state index contributed by atoms with van der Waals surface area (Å²) in [7, 11) is -1.93. The second-order valence-electron chi connectivity index (χ2n) is 7.71. The van der Waals surface area contributed by atoms with E-state index >= 15 is 0 Å². The van der Waals surface area contributed by atoms with Gasteiger partial charge in [-0.2, -0.15) is 0 Å². The van der Waals surface area contributed by atoms with Crippen LogP contribution < -0.4 is 28.3 Å². The minimum Gasteiger partial charge on any atom is -1.00 e. The molecule has 1 aliphatic rings. The molecule has 0 spiro atoms. The predicted molar refractivity (Wildman–Crippen MR) is 118 cm³/mol. The molecule has 0 aromatic heterocycles. The number of rotatable bonds is 4. The molecule has 4 rings (SSSR count). The van der Waals surface area contributed by atoms with E-state index < -0.39 is 7.26 Å². The van der Waals surface area contributed by atoms with Crippen LogP contribution in [0.2, 0.25) is 0 Å². The summed E-state index contributed by atoms with van der Waals surface area (Å²) in [5.74, 6) is 0.887. The van der Waals surface area contributed by atoms with Gasteiger partial charge in [0, 0.05) is 6.42 Å². The average Bonchev–Trinajstić information content (AvgIpc) is 2.70. The molecule has 1 heterocycles. The van der Waals surface area contributed by atoms with Gasteiger partial charge < -0.3 is 17.1 Å². The van der Waals surface area contributed by atoms with Gasteiger partial charge >= 0.3 is 0 Å². The van der Waals surface area contributed by atoms with Crippen molar-refractivity contribution in [3.63, 3.8) is 0 Å². The molecule has 1 unspecified atom stereocenters. The van der Waals surface area contributed by atoms with Crippen LogP contribution in [0.4, 0.5) is 0 Å². The highest BCUT2D eigenvalue weighted by atomic mass is 35.5. The molecule has 3 atom stereocenters. The third-order valence-electron chi connectivity index (χ3n) is 5.65. The molecule has 1 fully saturated rings. The zero-order valence-electron chi connectivity index (χ0n) is 16.5. The molecule has 0 saturated carbocycles. The molecule has 0 amide bonds. The van der Waals surface area contributed by atoms with Crippen molar-refractivity contribution in [2.45, 2.75) is 38.6 Å². The Balaban J connectivity index is 0.00000225. The van der Waals surface area contributed by atoms with Crippen LogP contribution in [-0.2, 0) is 4.74 Å². The summed E-state index contributed by atoms with van der Waals surface area (Å²) in [6, 6.07) is 33.2. The van der Waals surface area contributed by atoms with E-state index in [0.29, 0.717) is 12.0 Å². The van der Waals surface area contributed by atoms with Crippen LogP contribution in [0.25, 0.3) is 0 Å². The van der Waals surface area contributed by atoms with Crippen molar-refractivity contribution in [1.29, 1.82) is 0 Å². The zero-order chi connectivity index (χ0) is 18.7.